The number of rotatable bonds is 4. The lowest BCUT2D eigenvalue weighted by atomic mass is 10.4. The van der Waals surface area contributed by atoms with E-state index in [2.05, 4.69) is 4.98 Å². The molecule has 0 aliphatic rings. The molecule has 0 aromatic carbocycles. The zero-order valence-corrected chi connectivity index (χ0v) is 9.95. The molecule has 1 rings (SSSR count). The van der Waals surface area contributed by atoms with Gasteiger partial charge in [-0.05, 0) is 26.0 Å². The van der Waals surface area contributed by atoms with E-state index in [0.717, 1.165) is 0 Å². The number of nitrogens with zero attached hydrogens (tertiary/aromatic N) is 2. The minimum absolute atomic E-state index is 0.105. The molecular weight excluding hydrogens is 224 g/mol. The molecule has 0 radical (unpaired) electrons. The van der Waals surface area contributed by atoms with Crippen molar-refractivity contribution < 1.29 is 9.53 Å². The highest BCUT2D eigenvalue weighted by molar-refractivity contribution is 7.99. The predicted molar refractivity (Wildman–Crippen MR) is 60.9 cm³/mol. The van der Waals surface area contributed by atoms with Crippen molar-refractivity contribution >= 4 is 17.7 Å². The van der Waals surface area contributed by atoms with E-state index < -0.39 is 0 Å². The zero-order valence-electron chi connectivity index (χ0n) is 9.14. The van der Waals surface area contributed by atoms with E-state index in [1.165, 1.54) is 11.8 Å². The fourth-order valence-corrected chi connectivity index (χ4v) is 1.66. The van der Waals surface area contributed by atoms with Crippen molar-refractivity contribution in [1.29, 1.82) is 5.26 Å². The van der Waals surface area contributed by atoms with Crippen molar-refractivity contribution in [2.24, 2.45) is 0 Å². The topological polar surface area (TPSA) is 63.0 Å². The second-order valence-electron chi connectivity index (χ2n) is 3.30. The molecule has 16 heavy (non-hydrogen) atoms. The van der Waals surface area contributed by atoms with Crippen LogP contribution in [0, 0.1) is 11.3 Å². The van der Waals surface area contributed by atoms with Crippen molar-refractivity contribution in [3.63, 3.8) is 0 Å². The van der Waals surface area contributed by atoms with Crippen LogP contribution in [-0.4, -0.2) is 22.8 Å². The van der Waals surface area contributed by atoms with Gasteiger partial charge in [-0.25, -0.2) is 4.98 Å². The SMILES string of the molecule is CC(C)OC(=O)CSc1cccc(C#N)n1. The second kappa shape index (κ2) is 6.13. The molecule has 0 unspecified atom stereocenters. The molecule has 0 spiro atoms. The van der Waals surface area contributed by atoms with Gasteiger partial charge in [-0.1, -0.05) is 17.8 Å². The van der Waals surface area contributed by atoms with Crippen molar-refractivity contribution in [2.45, 2.75) is 25.0 Å². The van der Waals surface area contributed by atoms with E-state index in [9.17, 15) is 4.79 Å². The molecule has 0 aliphatic heterocycles. The van der Waals surface area contributed by atoms with Gasteiger partial charge in [0, 0.05) is 0 Å². The summed E-state index contributed by atoms with van der Waals surface area (Å²) in [5.74, 6) is -0.0655. The molecule has 84 valence electrons. The molecule has 0 bridgehead atoms. The molecule has 0 fully saturated rings. The van der Waals surface area contributed by atoms with Gasteiger partial charge < -0.3 is 4.74 Å². The van der Waals surface area contributed by atoms with E-state index in [1.54, 1.807) is 32.0 Å². The van der Waals surface area contributed by atoms with Crippen LogP contribution in [0.15, 0.2) is 23.2 Å². The third kappa shape index (κ3) is 4.32. The van der Waals surface area contributed by atoms with Gasteiger partial charge >= 0.3 is 5.97 Å². The number of carbonyl (C=O) groups is 1. The highest BCUT2D eigenvalue weighted by Crippen LogP contribution is 2.15. The highest BCUT2D eigenvalue weighted by Gasteiger charge is 2.07. The number of hydrogen-bond donors (Lipinski definition) is 0. The minimum atomic E-state index is -0.274. The number of ether oxygens (including phenoxy) is 1. The summed E-state index contributed by atoms with van der Waals surface area (Å²) >= 11 is 1.26. The van der Waals surface area contributed by atoms with Gasteiger partial charge in [-0.15, -0.1) is 0 Å². The average molecular weight is 236 g/mol. The van der Waals surface area contributed by atoms with Crippen molar-refractivity contribution in [1.82, 2.24) is 4.98 Å². The fourth-order valence-electron chi connectivity index (χ4n) is 0.987. The number of carbonyl (C=O) groups excluding carboxylic acids is 1. The predicted octanol–water partition coefficient (Wildman–Crippen LogP) is 2.00. The minimum Gasteiger partial charge on any atom is -0.462 e. The Balaban J connectivity index is 2.49. The monoisotopic (exact) mass is 236 g/mol. The Morgan fingerprint density at radius 1 is 1.62 bits per heavy atom. The molecule has 0 amide bonds. The summed E-state index contributed by atoms with van der Waals surface area (Å²) in [7, 11) is 0. The first-order valence-corrected chi connectivity index (χ1v) is 5.80. The maximum Gasteiger partial charge on any atom is 0.316 e. The van der Waals surface area contributed by atoms with Crippen LogP contribution in [0.4, 0.5) is 0 Å². The van der Waals surface area contributed by atoms with E-state index in [4.69, 9.17) is 10.00 Å². The molecule has 0 saturated carbocycles. The lowest BCUT2D eigenvalue weighted by Gasteiger charge is -2.06. The second-order valence-corrected chi connectivity index (χ2v) is 4.30. The Kier molecular flexibility index (Phi) is 4.80. The first-order valence-electron chi connectivity index (χ1n) is 4.81. The van der Waals surface area contributed by atoms with Crippen LogP contribution in [-0.2, 0) is 9.53 Å². The molecule has 1 aromatic heterocycles. The Labute approximate surface area is 98.6 Å². The third-order valence-corrected chi connectivity index (χ3v) is 2.45. The lowest BCUT2D eigenvalue weighted by Crippen LogP contribution is -2.13. The normalized spacial score (nSPS) is 9.88. The van der Waals surface area contributed by atoms with Crippen molar-refractivity contribution in [2.75, 3.05) is 5.75 Å². The molecule has 0 aliphatic carbocycles. The van der Waals surface area contributed by atoms with Gasteiger partial charge in [0.25, 0.3) is 0 Å². The van der Waals surface area contributed by atoms with Crippen LogP contribution in [0.1, 0.15) is 19.5 Å². The van der Waals surface area contributed by atoms with Crippen LogP contribution in [0.3, 0.4) is 0 Å². The number of esters is 1. The van der Waals surface area contributed by atoms with Gasteiger partial charge in [0.15, 0.2) is 0 Å². The lowest BCUT2D eigenvalue weighted by molar-refractivity contribution is -0.144. The number of pyridine rings is 1. The Bertz CT molecular complexity index is 413. The van der Waals surface area contributed by atoms with Crippen LogP contribution in [0.25, 0.3) is 0 Å². The van der Waals surface area contributed by atoms with Crippen LogP contribution in [0.2, 0.25) is 0 Å². The summed E-state index contributed by atoms with van der Waals surface area (Å²) in [5, 5.41) is 9.30. The number of aromatic nitrogens is 1. The maximum atomic E-state index is 11.2. The molecule has 0 saturated heterocycles. The molecule has 4 nitrogen and oxygen atoms in total. The smallest absolute Gasteiger partial charge is 0.316 e. The van der Waals surface area contributed by atoms with Gasteiger partial charge in [0.05, 0.1) is 16.9 Å². The van der Waals surface area contributed by atoms with E-state index in [0.29, 0.717) is 10.7 Å². The van der Waals surface area contributed by atoms with E-state index >= 15 is 0 Å². The molecule has 5 heteroatoms. The average Bonchev–Trinajstić information content (AvgIpc) is 2.26. The van der Waals surface area contributed by atoms with Crippen LogP contribution >= 0.6 is 11.8 Å². The highest BCUT2D eigenvalue weighted by atomic mass is 32.2. The Morgan fingerprint density at radius 3 is 3.00 bits per heavy atom. The standard InChI is InChI=1S/C11H12N2O2S/c1-8(2)15-11(14)7-16-10-5-3-4-9(6-12)13-10/h3-5,8H,7H2,1-2H3. The van der Waals surface area contributed by atoms with E-state index in [1.807, 2.05) is 6.07 Å². The summed E-state index contributed by atoms with van der Waals surface area (Å²) in [4.78, 5) is 15.3. The van der Waals surface area contributed by atoms with Gasteiger partial charge in [0.1, 0.15) is 11.8 Å². The first kappa shape index (κ1) is 12.5. The largest absolute Gasteiger partial charge is 0.462 e. The number of nitriles is 1. The number of thioether (sulfide) groups is 1. The summed E-state index contributed by atoms with van der Waals surface area (Å²) in [6.45, 7) is 3.61. The molecule has 0 N–H and O–H groups in total. The van der Waals surface area contributed by atoms with Crippen molar-refractivity contribution in [3.8, 4) is 6.07 Å². The molecule has 1 heterocycles. The molecule has 1 aromatic rings. The zero-order chi connectivity index (χ0) is 12.0. The van der Waals surface area contributed by atoms with Gasteiger partial charge in [-0.3, -0.25) is 4.79 Å². The summed E-state index contributed by atoms with van der Waals surface area (Å²) < 4.78 is 4.98. The quantitative estimate of drug-likeness (QED) is 0.591. The summed E-state index contributed by atoms with van der Waals surface area (Å²) in [5.41, 5.74) is 0.349. The number of hydrogen-bond acceptors (Lipinski definition) is 5. The molecular formula is C11H12N2O2S. The van der Waals surface area contributed by atoms with Crippen LogP contribution < -0.4 is 0 Å². The summed E-state index contributed by atoms with van der Waals surface area (Å²) in [6.07, 6.45) is -0.105. The first-order chi connectivity index (χ1) is 7.61. The fraction of sp³-hybridized carbons (Fsp3) is 0.364. The van der Waals surface area contributed by atoms with E-state index in [-0.39, 0.29) is 17.8 Å². The van der Waals surface area contributed by atoms with Crippen LogP contribution in [0.5, 0.6) is 0 Å². The third-order valence-electron chi connectivity index (χ3n) is 1.54. The van der Waals surface area contributed by atoms with Gasteiger partial charge in [0.2, 0.25) is 0 Å². The van der Waals surface area contributed by atoms with Crippen molar-refractivity contribution in [3.05, 3.63) is 23.9 Å². The molecule has 0 atom stereocenters. The van der Waals surface area contributed by atoms with Gasteiger partial charge in [-0.2, -0.15) is 5.26 Å². The Hall–Kier alpha value is -1.54. The Morgan fingerprint density at radius 2 is 2.38 bits per heavy atom. The maximum absolute atomic E-state index is 11.2. The summed E-state index contributed by atoms with van der Waals surface area (Å²) in [6, 6.07) is 7.06.